The maximum atomic E-state index is 13.2. The Morgan fingerprint density at radius 3 is 2.42 bits per heavy atom. The Morgan fingerprint density at radius 1 is 1.26 bits per heavy atom. The largest absolute Gasteiger partial charge is 0.418 e. The van der Waals surface area contributed by atoms with Crippen LogP contribution in [0.15, 0.2) is 18.2 Å². The summed E-state index contributed by atoms with van der Waals surface area (Å²) in [6.07, 6.45) is -0.131. The fourth-order valence-corrected chi connectivity index (χ4v) is 3.04. The van der Waals surface area contributed by atoms with Crippen molar-refractivity contribution in [1.82, 2.24) is 0 Å². The molecule has 0 N–H and O–H groups in total. The average molecular weight is 336 g/mol. The molecule has 106 valence electrons. The number of benzene rings is 1. The summed E-state index contributed by atoms with van der Waals surface area (Å²) in [7, 11) is 1.77. The average Bonchev–Trinajstić information content (AvgIpc) is 2.90. The van der Waals surface area contributed by atoms with Crippen LogP contribution in [0.2, 0.25) is 0 Å². The van der Waals surface area contributed by atoms with Crippen LogP contribution in [-0.2, 0) is 11.5 Å². The smallest absolute Gasteiger partial charge is 0.371 e. The molecule has 1 aliphatic carbocycles. The summed E-state index contributed by atoms with van der Waals surface area (Å²) >= 11 is 3.21. The second-order valence-corrected chi connectivity index (χ2v) is 5.59. The van der Waals surface area contributed by atoms with E-state index in [0.717, 1.165) is 25.7 Å². The quantitative estimate of drug-likeness (QED) is 0.704. The lowest BCUT2D eigenvalue weighted by atomic mass is 10.1. The van der Waals surface area contributed by atoms with Gasteiger partial charge in [0.25, 0.3) is 0 Å². The highest BCUT2D eigenvalue weighted by Crippen LogP contribution is 2.39. The molecule has 1 nitrogen and oxygen atoms in total. The normalized spacial score (nSPS) is 16.9. The first-order valence-corrected chi connectivity index (χ1v) is 7.54. The summed E-state index contributed by atoms with van der Waals surface area (Å²) < 4.78 is 39.5. The van der Waals surface area contributed by atoms with Gasteiger partial charge in [-0.1, -0.05) is 34.8 Å². The zero-order valence-corrected chi connectivity index (χ0v) is 12.4. The summed E-state index contributed by atoms with van der Waals surface area (Å²) in [4.78, 5) is 1.80. The van der Waals surface area contributed by atoms with Crippen molar-refractivity contribution in [3.05, 3.63) is 29.3 Å². The number of rotatable bonds is 3. The summed E-state index contributed by atoms with van der Waals surface area (Å²) in [5, 5.41) is 0.434. The molecule has 1 aliphatic rings. The third-order valence-corrected chi connectivity index (χ3v) is 4.42. The Hall–Kier alpha value is -0.710. The molecule has 1 aromatic carbocycles. The molecule has 2 rings (SSSR count). The molecular weight excluding hydrogens is 319 g/mol. The van der Waals surface area contributed by atoms with Crippen molar-refractivity contribution in [3.63, 3.8) is 0 Å². The fraction of sp³-hybridized carbons (Fsp3) is 0.571. The van der Waals surface area contributed by atoms with Crippen molar-refractivity contribution in [3.8, 4) is 0 Å². The molecule has 0 bridgehead atoms. The lowest BCUT2D eigenvalue weighted by molar-refractivity contribution is -0.137. The van der Waals surface area contributed by atoms with Crippen molar-refractivity contribution in [2.24, 2.45) is 0 Å². The van der Waals surface area contributed by atoms with E-state index in [-0.39, 0.29) is 6.04 Å². The van der Waals surface area contributed by atoms with Crippen LogP contribution in [-0.4, -0.2) is 13.1 Å². The van der Waals surface area contributed by atoms with E-state index in [9.17, 15) is 13.2 Å². The van der Waals surface area contributed by atoms with Crippen LogP contribution in [0.1, 0.15) is 36.8 Å². The summed E-state index contributed by atoms with van der Waals surface area (Å²) in [6.45, 7) is 0. The SMILES string of the molecule is CN(c1ccc(CBr)cc1C(F)(F)F)C1CCCC1. The number of nitrogens with zero attached hydrogens (tertiary/aromatic N) is 1. The van der Waals surface area contributed by atoms with Crippen LogP contribution in [0.25, 0.3) is 0 Å². The van der Waals surface area contributed by atoms with Crippen LogP contribution < -0.4 is 4.90 Å². The van der Waals surface area contributed by atoms with Crippen molar-refractivity contribution >= 4 is 21.6 Å². The first kappa shape index (κ1) is 14.7. The third kappa shape index (κ3) is 3.25. The molecule has 1 aromatic rings. The number of anilines is 1. The molecule has 19 heavy (non-hydrogen) atoms. The van der Waals surface area contributed by atoms with Gasteiger partial charge < -0.3 is 4.90 Å². The molecule has 1 saturated carbocycles. The fourth-order valence-electron chi connectivity index (χ4n) is 2.69. The van der Waals surface area contributed by atoms with Gasteiger partial charge in [-0.3, -0.25) is 0 Å². The third-order valence-electron chi connectivity index (χ3n) is 3.77. The zero-order chi connectivity index (χ0) is 14.0. The van der Waals surface area contributed by atoms with Gasteiger partial charge in [0.2, 0.25) is 0 Å². The van der Waals surface area contributed by atoms with Crippen molar-refractivity contribution < 1.29 is 13.2 Å². The first-order chi connectivity index (χ1) is 8.93. The second kappa shape index (κ2) is 5.73. The Balaban J connectivity index is 2.38. The zero-order valence-electron chi connectivity index (χ0n) is 10.8. The van der Waals surface area contributed by atoms with E-state index in [2.05, 4.69) is 15.9 Å². The molecule has 1 fully saturated rings. The summed E-state index contributed by atoms with van der Waals surface area (Å²) in [6, 6.07) is 4.83. The standard InChI is InChI=1S/C14H17BrF3N/c1-19(11-4-2-3-5-11)13-7-6-10(9-15)8-12(13)14(16,17)18/h6-8,11H,2-5,9H2,1H3. The molecule has 0 amide bonds. The van der Waals surface area contributed by atoms with E-state index in [4.69, 9.17) is 0 Å². The minimum atomic E-state index is -4.31. The van der Waals surface area contributed by atoms with Crippen LogP contribution in [0.5, 0.6) is 0 Å². The molecule has 0 atom stereocenters. The predicted octanol–water partition coefficient (Wildman–Crippen LogP) is 4.98. The van der Waals surface area contributed by atoms with E-state index in [1.54, 1.807) is 24.1 Å². The van der Waals surface area contributed by atoms with Gasteiger partial charge in [-0.15, -0.1) is 0 Å². The Bertz CT molecular complexity index is 439. The van der Waals surface area contributed by atoms with Gasteiger partial charge in [0, 0.05) is 24.1 Å². The summed E-state index contributed by atoms with van der Waals surface area (Å²) in [5.74, 6) is 0. The molecule has 0 heterocycles. The highest BCUT2D eigenvalue weighted by Gasteiger charge is 2.36. The van der Waals surface area contributed by atoms with Gasteiger partial charge in [0.05, 0.1) is 5.56 Å². The molecular formula is C14H17BrF3N. The van der Waals surface area contributed by atoms with Gasteiger partial charge in [0.1, 0.15) is 0 Å². The molecule has 0 spiro atoms. The van der Waals surface area contributed by atoms with Gasteiger partial charge in [-0.05, 0) is 30.5 Å². The number of hydrogen-bond donors (Lipinski definition) is 0. The van der Waals surface area contributed by atoms with E-state index in [0.29, 0.717) is 16.6 Å². The van der Waals surface area contributed by atoms with Crippen molar-refractivity contribution in [1.29, 1.82) is 0 Å². The lowest BCUT2D eigenvalue weighted by Crippen LogP contribution is -2.30. The van der Waals surface area contributed by atoms with Gasteiger partial charge in [-0.25, -0.2) is 0 Å². The van der Waals surface area contributed by atoms with Crippen LogP contribution >= 0.6 is 15.9 Å². The van der Waals surface area contributed by atoms with Crippen molar-refractivity contribution in [2.75, 3.05) is 11.9 Å². The second-order valence-electron chi connectivity index (χ2n) is 5.03. The molecule has 0 saturated heterocycles. The summed E-state index contributed by atoms with van der Waals surface area (Å²) in [5.41, 5.74) is 0.416. The Kier molecular flexibility index (Phi) is 4.43. The Morgan fingerprint density at radius 2 is 1.89 bits per heavy atom. The minimum absolute atomic E-state index is 0.232. The number of alkyl halides is 4. The minimum Gasteiger partial charge on any atom is -0.371 e. The molecule has 0 aromatic heterocycles. The molecule has 0 radical (unpaired) electrons. The van der Waals surface area contributed by atoms with Crippen molar-refractivity contribution in [2.45, 2.75) is 43.2 Å². The van der Waals surface area contributed by atoms with E-state index in [1.165, 1.54) is 6.07 Å². The van der Waals surface area contributed by atoms with Crippen LogP contribution in [0.3, 0.4) is 0 Å². The first-order valence-electron chi connectivity index (χ1n) is 6.42. The van der Waals surface area contributed by atoms with E-state index in [1.807, 2.05) is 0 Å². The Labute approximate surface area is 119 Å². The van der Waals surface area contributed by atoms with E-state index >= 15 is 0 Å². The van der Waals surface area contributed by atoms with Gasteiger partial charge in [0.15, 0.2) is 0 Å². The topological polar surface area (TPSA) is 3.24 Å². The maximum absolute atomic E-state index is 13.2. The van der Waals surface area contributed by atoms with Gasteiger partial charge in [-0.2, -0.15) is 13.2 Å². The van der Waals surface area contributed by atoms with E-state index < -0.39 is 11.7 Å². The van der Waals surface area contributed by atoms with Crippen LogP contribution in [0, 0.1) is 0 Å². The monoisotopic (exact) mass is 335 g/mol. The number of hydrogen-bond acceptors (Lipinski definition) is 1. The molecule has 0 unspecified atom stereocenters. The number of halogens is 4. The van der Waals surface area contributed by atoms with Gasteiger partial charge >= 0.3 is 6.18 Å². The lowest BCUT2D eigenvalue weighted by Gasteiger charge is -2.29. The highest BCUT2D eigenvalue weighted by atomic mass is 79.9. The predicted molar refractivity (Wildman–Crippen MR) is 74.7 cm³/mol. The maximum Gasteiger partial charge on any atom is 0.418 e. The molecule has 0 aliphatic heterocycles. The van der Waals surface area contributed by atoms with Crippen LogP contribution in [0.4, 0.5) is 18.9 Å². The molecule has 5 heteroatoms. The highest BCUT2D eigenvalue weighted by molar-refractivity contribution is 9.08.